The lowest BCUT2D eigenvalue weighted by Crippen LogP contribution is -2.10. The van der Waals surface area contributed by atoms with Gasteiger partial charge in [-0.2, -0.15) is 0 Å². The molecule has 1 nitrogen and oxygen atoms in total. The maximum atomic E-state index is 12.4. The molecule has 102 valence electrons. The number of rotatable bonds is 4. The first-order valence-electron chi connectivity index (χ1n) is 7.10. The number of hydrogen-bond donors (Lipinski definition) is 0. The van der Waals surface area contributed by atoms with Crippen LogP contribution in [0.25, 0.3) is 0 Å². The van der Waals surface area contributed by atoms with Crippen molar-refractivity contribution < 1.29 is 4.79 Å². The van der Waals surface area contributed by atoms with Crippen LogP contribution in [0.2, 0.25) is 0 Å². The van der Waals surface area contributed by atoms with Crippen molar-refractivity contribution in [2.75, 3.05) is 0 Å². The Morgan fingerprint density at radius 1 is 1.10 bits per heavy atom. The molecule has 0 atom stereocenters. The van der Waals surface area contributed by atoms with Crippen molar-refractivity contribution in [1.82, 2.24) is 0 Å². The van der Waals surface area contributed by atoms with Crippen LogP contribution in [-0.2, 0) is 6.42 Å². The predicted octanol–water partition coefficient (Wildman–Crippen LogP) is 5.14. The van der Waals surface area contributed by atoms with E-state index in [1.807, 2.05) is 36.4 Å². The van der Waals surface area contributed by atoms with E-state index in [4.69, 9.17) is 0 Å². The largest absolute Gasteiger partial charge is 0.294 e. The van der Waals surface area contributed by atoms with Crippen molar-refractivity contribution in [3.63, 3.8) is 0 Å². The predicted molar refractivity (Wildman–Crippen MR) is 85.2 cm³/mol. The topological polar surface area (TPSA) is 17.1 Å². The molecule has 0 N–H and O–H groups in total. The Morgan fingerprint density at radius 2 is 1.90 bits per heavy atom. The normalized spacial score (nSPS) is 14.8. The maximum Gasteiger partial charge on any atom is 0.167 e. The van der Waals surface area contributed by atoms with Crippen LogP contribution in [0, 0.1) is 0 Å². The molecule has 2 heteroatoms. The lowest BCUT2D eigenvalue weighted by Gasteiger charge is -2.26. The molecule has 1 saturated carbocycles. The third kappa shape index (κ3) is 3.01. The van der Waals surface area contributed by atoms with Crippen LogP contribution in [0.1, 0.15) is 46.7 Å². The summed E-state index contributed by atoms with van der Waals surface area (Å²) in [5.74, 6) is 0.873. The van der Waals surface area contributed by atoms with Gasteiger partial charge in [-0.1, -0.05) is 52.7 Å². The molecule has 0 heterocycles. The third-order valence-corrected chi connectivity index (χ3v) is 4.53. The van der Waals surface area contributed by atoms with Crippen LogP contribution in [0.3, 0.4) is 0 Å². The smallest absolute Gasteiger partial charge is 0.167 e. The molecule has 20 heavy (non-hydrogen) atoms. The van der Waals surface area contributed by atoms with Gasteiger partial charge in [-0.15, -0.1) is 0 Å². The van der Waals surface area contributed by atoms with Gasteiger partial charge in [0.25, 0.3) is 0 Å². The number of halogens is 1. The first kappa shape index (κ1) is 13.6. The van der Waals surface area contributed by atoms with Crippen molar-refractivity contribution in [3.05, 3.63) is 69.7 Å². The van der Waals surface area contributed by atoms with Gasteiger partial charge in [0.1, 0.15) is 0 Å². The van der Waals surface area contributed by atoms with Gasteiger partial charge in [-0.3, -0.25) is 4.79 Å². The first-order chi connectivity index (χ1) is 9.72. The van der Waals surface area contributed by atoms with E-state index in [9.17, 15) is 4.79 Å². The van der Waals surface area contributed by atoms with Crippen molar-refractivity contribution in [1.29, 1.82) is 0 Å². The van der Waals surface area contributed by atoms with Gasteiger partial charge in [-0.05, 0) is 48.1 Å². The van der Waals surface area contributed by atoms with Crippen LogP contribution in [-0.4, -0.2) is 5.78 Å². The average Bonchev–Trinajstić information content (AvgIpc) is 2.37. The fraction of sp³-hybridized carbons (Fsp3) is 0.278. The van der Waals surface area contributed by atoms with Gasteiger partial charge in [0.15, 0.2) is 5.78 Å². The molecule has 2 aromatic rings. The second-order valence-corrected chi connectivity index (χ2v) is 6.40. The number of ketones is 1. The second-order valence-electron chi connectivity index (χ2n) is 5.48. The SMILES string of the molecule is O=C(Cc1cccc(Br)c1)c1cccc(C2CCC2)c1. The number of benzene rings is 2. The van der Waals surface area contributed by atoms with Crippen molar-refractivity contribution in [2.45, 2.75) is 31.6 Å². The Kier molecular flexibility index (Phi) is 4.02. The molecule has 0 unspecified atom stereocenters. The zero-order valence-corrected chi connectivity index (χ0v) is 12.9. The maximum absolute atomic E-state index is 12.4. The zero-order chi connectivity index (χ0) is 13.9. The van der Waals surface area contributed by atoms with E-state index in [0.717, 1.165) is 15.6 Å². The molecule has 0 spiro atoms. The zero-order valence-electron chi connectivity index (χ0n) is 11.3. The van der Waals surface area contributed by atoms with Gasteiger partial charge in [0.2, 0.25) is 0 Å². The quantitative estimate of drug-likeness (QED) is 0.710. The summed E-state index contributed by atoms with van der Waals surface area (Å²) in [5, 5.41) is 0. The molecule has 3 rings (SSSR count). The van der Waals surface area contributed by atoms with Crippen LogP contribution >= 0.6 is 15.9 Å². The highest BCUT2D eigenvalue weighted by Gasteiger charge is 2.20. The fourth-order valence-electron chi connectivity index (χ4n) is 2.64. The summed E-state index contributed by atoms with van der Waals surface area (Å²) < 4.78 is 1.02. The third-order valence-electron chi connectivity index (χ3n) is 4.04. The molecule has 0 radical (unpaired) electrons. The second kappa shape index (κ2) is 5.92. The minimum Gasteiger partial charge on any atom is -0.294 e. The molecule has 1 fully saturated rings. The van der Waals surface area contributed by atoms with E-state index in [-0.39, 0.29) is 5.78 Å². The van der Waals surface area contributed by atoms with Crippen LogP contribution in [0.5, 0.6) is 0 Å². The summed E-state index contributed by atoms with van der Waals surface area (Å²) in [6.45, 7) is 0. The molecule has 0 amide bonds. The lowest BCUT2D eigenvalue weighted by molar-refractivity contribution is 0.0993. The molecule has 0 aliphatic heterocycles. The number of carbonyl (C=O) groups is 1. The Hall–Kier alpha value is -1.41. The summed E-state index contributed by atoms with van der Waals surface area (Å²) in [5.41, 5.74) is 3.23. The van der Waals surface area contributed by atoms with Gasteiger partial charge >= 0.3 is 0 Å². The molecular formula is C18H17BrO. The molecule has 2 aromatic carbocycles. The summed E-state index contributed by atoms with van der Waals surface area (Å²) in [6, 6.07) is 16.1. The van der Waals surface area contributed by atoms with E-state index in [0.29, 0.717) is 12.3 Å². The monoisotopic (exact) mass is 328 g/mol. The summed E-state index contributed by atoms with van der Waals surface area (Å²) in [7, 11) is 0. The van der Waals surface area contributed by atoms with Crippen molar-refractivity contribution >= 4 is 21.7 Å². The highest BCUT2D eigenvalue weighted by molar-refractivity contribution is 9.10. The molecule has 0 saturated heterocycles. The van der Waals surface area contributed by atoms with Crippen LogP contribution < -0.4 is 0 Å². The van der Waals surface area contributed by atoms with Gasteiger partial charge in [0.05, 0.1) is 0 Å². The summed E-state index contributed by atoms with van der Waals surface area (Å²) in [6.07, 6.45) is 4.32. The standard InChI is InChI=1S/C18H17BrO/c19-17-9-1-4-13(10-17)11-18(20)16-8-3-7-15(12-16)14-5-2-6-14/h1,3-4,7-10,12,14H,2,5-6,11H2. The van der Waals surface area contributed by atoms with Crippen LogP contribution in [0.15, 0.2) is 53.0 Å². The molecule has 1 aliphatic rings. The molecular weight excluding hydrogens is 312 g/mol. The molecule has 0 bridgehead atoms. The fourth-order valence-corrected chi connectivity index (χ4v) is 3.09. The molecule has 1 aliphatic carbocycles. The van der Waals surface area contributed by atoms with Gasteiger partial charge in [-0.25, -0.2) is 0 Å². The number of hydrogen-bond acceptors (Lipinski definition) is 1. The van der Waals surface area contributed by atoms with E-state index >= 15 is 0 Å². The summed E-state index contributed by atoms with van der Waals surface area (Å²) in [4.78, 5) is 12.4. The summed E-state index contributed by atoms with van der Waals surface area (Å²) >= 11 is 3.44. The average molecular weight is 329 g/mol. The first-order valence-corrected chi connectivity index (χ1v) is 7.89. The van der Waals surface area contributed by atoms with Crippen LogP contribution in [0.4, 0.5) is 0 Å². The lowest BCUT2D eigenvalue weighted by atomic mass is 9.79. The number of carbonyl (C=O) groups excluding carboxylic acids is 1. The Labute approximate surface area is 128 Å². The minimum absolute atomic E-state index is 0.198. The van der Waals surface area contributed by atoms with E-state index in [1.54, 1.807) is 0 Å². The van der Waals surface area contributed by atoms with Crippen molar-refractivity contribution in [3.8, 4) is 0 Å². The Morgan fingerprint density at radius 3 is 2.60 bits per heavy atom. The number of Topliss-reactive ketones (excluding diaryl/α,β-unsaturated/α-hetero) is 1. The van der Waals surface area contributed by atoms with E-state index in [1.165, 1.54) is 24.8 Å². The van der Waals surface area contributed by atoms with Gasteiger partial charge < -0.3 is 0 Å². The highest BCUT2D eigenvalue weighted by atomic mass is 79.9. The van der Waals surface area contributed by atoms with E-state index in [2.05, 4.69) is 28.1 Å². The van der Waals surface area contributed by atoms with Gasteiger partial charge in [0, 0.05) is 16.5 Å². The Balaban J connectivity index is 1.76. The Bertz CT molecular complexity index is 629. The van der Waals surface area contributed by atoms with Crippen molar-refractivity contribution in [2.24, 2.45) is 0 Å². The molecule has 0 aromatic heterocycles. The minimum atomic E-state index is 0.198. The highest BCUT2D eigenvalue weighted by Crippen LogP contribution is 2.36. The van der Waals surface area contributed by atoms with E-state index < -0.39 is 0 Å².